The summed E-state index contributed by atoms with van der Waals surface area (Å²) in [4.78, 5) is 13.6. The van der Waals surface area contributed by atoms with E-state index in [-0.39, 0.29) is 17.8 Å². The van der Waals surface area contributed by atoms with Crippen LogP contribution in [-0.2, 0) is 4.74 Å². The van der Waals surface area contributed by atoms with E-state index in [0.29, 0.717) is 24.4 Å². The summed E-state index contributed by atoms with van der Waals surface area (Å²) >= 11 is 0. The molecule has 0 saturated carbocycles. The Morgan fingerprint density at radius 3 is 2.71 bits per heavy atom. The molecule has 6 heteroatoms. The quantitative estimate of drug-likeness (QED) is 0.797. The minimum Gasteiger partial charge on any atom is -0.382 e. The van der Waals surface area contributed by atoms with Crippen LogP contribution in [0.25, 0.3) is 0 Å². The van der Waals surface area contributed by atoms with E-state index >= 15 is 0 Å². The molecule has 0 spiro atoms. The minimum absolute atomic E-state index is 0.138. The Morgan fingerprint density at radius 2 is 2.24 bits per heavy atom. The molecular weight excluding hydrogens is 220 g/mol. The maximum absolute atomic E-state index is 12.1. The van der Waals surface area contributed by atoms with Crippen LogP contribution in [0, 0.1) is 6.92 Å². The van der Waals surface area contributed by atoms with Gasteiger partial charge in [-0.15, -0.1) is 0 Å². The van der Waals surface area contributed by atoms with E-state index in [1.165, 1.54) is 0 Å². The highest BCUT2D eigenvalue weighted by atomic mass is 16.5. The molecule has 1 heterocycles. The maximum atomic E-state index is 12.1. The molecule has 0 aromatic carbocycles. The Bertz CT molecular complexity index is 367. The fourth-order valence-electron chi connectivity index (χ4n) is 1.44. The summed E-state index contributed by atoms with van der Waals surface area (Å²) in [6.07, 6.45) is 0.166. The highest BCUT2D eigenvalue weighted by molar-refractivity contribution is 5.99. The molecule has 0 atom stereocenters. The summed E-state index contributed by atoms with van der Waals surface area (Å²) in [5, 5.41) is 6.50. The fraction of sp³-hybridized carbons (Fsp3) is 0.636. The summed E-state index contributed by atoms with van der Waals surface area (Å²) in [7, 11) is 1.72. The molecule has 1 aromatic heterocycles. The number of carbonyl (C=O) groups is 1. The minimum atomic E-state index is -0.138. The number of anilines is 1. The molecule has 96 valence electrons. The van der Waals surface area contributed by atoms with E-state index in [2.05, 4.69) is 10.2 Å². The SMILES string of the molecule is Cc1[nH]nc(N)c1C(=O)N(C)CCOC(C)C. The Balaban J connectivity index is 2.58. The van der Waals surface area contributed by atoms with E-state index in [1.807, 2.05) is 13.8 Å². The summed E-state index contributed by atoms with van der Waals surface area (Å²) in [5.74, 6) is 0.102. The molecule has 0 aliphatic rings. The van der Waals surface area contributed by atoms with Crippen molar-refractivity contribution in [2.75, 3.05) is 25.9 Å². The number of rotatable bonds is 5. The summed E-state index contributed by atoms with van der Waals surface area (Å²) in [6.45, 7) is 6.73. The van der Waals surface area contributed by atoms with Gasteiger partial charge in [0, 0.05) is 19.3 Å². The molecule has 0 aliphatic heterocycles. The fourth-order valence-corrected chi connectivity index (χ4v) is 1.44. The van der Waals surface area contributed by atoms with Gasteiger partial charge in [-0.3, -0.25) is 9.89 Å². The topological polar surface area (TPSA) is 84.2 Å². The molecule has 0 bridgehead atoms. The molecule has 0 fully saturated rings. The first-order valence-corrected chi connectivity index (χ1v) is 5.61. The standard InChI is InChI=1S/C11H20N4O2/c1-7(2)17-6-5-15(4)11(16)9-8(3)13-14-10(9)12/h7H,5-6H2,1-4H3,(H3,12,13,14). The van der Waals surface area contributed by atoms with Gasteiger partial charge in [0.2, 0.25) is 0 Å². The number of likely N-dealkylation sites (N-methyl/N-ethyl adjacent to an activating group) is 1. The Labute approximate surface area is 101 Å². The van der Waals surface area contributed by atoms with Crippen LogP contribution in [-0.4, -0.2) is 47.3 Å². The number of hydrogen-bond acceptors (Lipinski definition) is 4. The molecule has 1 aromatic rings. The van der Waals surface area contributed by atoms with Gasteiger partial charge in [-0.1, -0.05) is 0 Å². The zero-order chi connectivity index (χ0) is 13.0. The van der Waals surface area contributed by atoms with Crippen LogP contribution < -0.4 is 5.73 Å². The van der Waals surface area contributed by atoms with Gasteiger partial charge in [0.05, 0.1) is 12.7 Å². The van der Waals surface area contributed by atoms with Crippen molar-refractivity contribution in [3.63, 3.8) is 0 Å². The highest BCUT2D eigenvalue weighted by Crippen LogP contribution is 2.14. The van der Waals surface area contributed by atoms with Crippen molar-refractivity contribution in [3.05, 3.63) is 11.3 Å². The van der Waals surface area contributed by atoms with Crippen molar-refractivity contribution in [2.24, 2.45) is 0 Å². The van der Waals surface area contributed by atoms with Gasteiger partial charge >= 0.3 is 0 Å². The first-order chi connectivity index (χ1) is 7.93. The van der Waals surface area contributed by atoms with E-state index < -0.39 is 0 Å². The lowest BCUT2D eigenvalue weighted by molar-refractivity contribution is 0.0532. The zero-order valence-electron chi connectivity index (χ0n) is 10.8. The number of H-pyrrole nitrogens is 1. The van der Waals surface area contributed by atoms with Crippen LogP contribution >= 0.6 is 0 Å². The van der Waals surface area contributed by atoms with Gasteiger partial charge in [0.25, 0.3) is 5.91 Å². The average molecular weight is 240 g/mol. The van der Waals surface area contributed by atoms with Crippen LogP contribution in [0.15, 0.2) is 0 Å². The third kappa shape index (κ3) is 3.45. The van der Waals surface area contributed by atoms with E-state index in [4.69, 9.17) is 10.5 Å². The molecule has 1 amide bonds. The molecule has 3 N–H and O–H groups in total. The number of nitrogens with two attached hydrogens (primary N) is 1. The van der Waals surface area contributed by atoms with Gasteiger partial charge in [-0.05, 0) is 20.8 Å². The Kier molecular flexibility index (Phi) is 4.51. The molecule has 0 radical (unpaired) electrons. The number of nitrogen functional groups attached to an aromatic ring is 1. The van der Waals surface area contributed by atoms with Crippen LogP contribution in [0.4, 0.5) is 5.82 Å². The lowest BCUT2D eigenvalue weighted by atomic mass is 10.2. The van der Waals surface area contributed by atoms with Crippen molar-refractivity contribution in [3.8, 4) is 0 Å². The third-order valence-corrected chi connectivity index (χ3v) is 2.41. The van der Waals surface area contributed by atoms with Gasteiger partial charge < -0.3 is 15.4 Å². The number of hydrogen-bond donors (Lipinski definition) is 2. The predicted octanol–water partition coefficient (Wildman–Crippen LogP) is 0.797. The number of amides is 1. The second-order valence-electron chi connectivity index (χ2n) is 4.26. The van der Waals surface area contributed by atoms with Crippen molar-refractivity contribution < 1.29 is 9.53 Å². The second-order valence-corrected chi connectivity index (χ2v) is 4.26. The molecule has 17 heavy (non-hydrogen) atoms. The molecule has 0 aliphatic carbocycles. The average Bonchev–Trinajstić information content (AvgIpc) is 2.57. The Hall–Kier alpha value is -1.56. The zero-order valence-corrected chi connectivity index (χ0v) is 10.8. The predicted molar refractivity (Wildman–Crippen MR) is 65.8 cm³/mol. The largest absolute Gasteiger partial charge is 0.382 e. The molecule has 6 nitrogen and oxygen atoms in total. The Morgan fingerprint density at radius 1 is 1.59 bits per heavy atom. The number of nitrogens with zero attached hydrogens (tertiary/aromatic N) is 2. The van der Waals surface area contributed by atoms with Crippen LogP contribution in [0.5, 0.6) is 0 Å². The van der Waals surface area contributed by atoms with Crippen LogP contribution in [0.2, 0.25) is 0 Å². The van der Waals surface area contributed by atoms with Gasteiger partial charge in [0.15, 0.2) is 5.82 Å². The maximum Gasteiger partial charge on any atom is 0.259 e. The van der Waals surface area contributed by atoms with Crippen LogP contribution in [0.1, 0.15) is 29.9 Å². The summed E-state index contributed by atoms with van der Waals surface area (Å²) in [6, 6.07) is 0. The molecule has 0 saturated heterocycles. The van der Waals surface area contributed by atoms with Crippen molar-refractivity contribution in [1.82, 2.24) is 15.1 Å². The highest BCUT2D eigenvalue weighted by Gasteiger charge is 2.19. The van der Waals surface area contributed by atoms with Crippen molar-refractivity contribution in [2.45, 2.75) is 26.9 Å². The number of aromatic amines is 1. The summed E-state index contributed by atoms with van der Waals surface area (Å²) in [5.41, 5.74) is 6.76. The van der Waals surface area contributed by atoms with Crippen molar-refractivity contribution >= 4 is 11.7 Å². The third-order valence-electron chi connectivity index (χ3n) is 2.41. The smallest absolute Gasteiger partial charge is 0.259 e. The number of ether oxygens (including phenoxy) is 1. The first-order valence-electron chi connectivity index (χ1n) is 5.61. The monoisotopic (exact) mass is 240 g/mol. The van der Waals surface area contributed by atoms with Crippen LogP contribution in [0.3, 0.4) is 0 Å². The molecule has 1 rings (SSSR count). The van der Waals surface area contributed by atoms with Gasteiger partial charge in [-0.2, -0.15) is 5.10 Å². The molecule has 0 unspecified atom stereocenters. The van der Waals surface area contributed by atoms with Gasteiger partial charge in [-0.25, -0.2) is 0 Å². The number of carbonyl (C=O) groups excluding carboxylic acids is 1. The lowest BCUT2D eigenvalue weighted by Crippen LogP contribution is -2.31. The van der Waals surface area contributed by atoms with E-state index in [9.17, 15) is 4.79 Å². The van der Waals surface area contributed by atoms with Crippen molar-refractivity contribution in [1.29, 1.82) is 0 Å². The van der Waals surface area contributed by atoms with E-state index in [1.54, 1.807) is 18.9 Å². The normalized spacial score (nSPS) is 10.9. The number of aryl methyl sites for hydroxylation is 1. The second kappa shape index (κ2) is 5.67. The lowest BCUT2D eigenvalue weighted by Gasteiger charge is -2.18. The molecular formula is C11H20N4O2. The summed E-state index contributed by atoms with van der Waals surface area (Å²) < 4.78 is 5.39. The number of nitrogens with one attached hydrogen (secondary N) is 1. The number of aromatic nitrogens is 2. The van der Waals surface area contributed by atoms with Gasteiger partial charge in [0.1, 0.15) is 5.56 Å². The van der Waals surface area contributed by atoms with E-state index in [0.717, 1.165) is 0 Å². The first kappa shape index (κ1) is 13.5.